The Bertz CT molecular complexity index is 8.00. The maximum absolute atomic E-state index is 0. The van der Waals surface area contributed by atoms with Crippen molar-refractivity contribution in [1.82, 2.24) is 0 Å². The van der Waals surface area contributed by atoms with Crippen LogP contribution in [0.2, 0.25) is 0 Å². The van der Waals surface area contributed by atoms with Gasteiger partial charge in [-0.15, -0.1) is 0 Å². The van der Waals surface area contributed by atoms with Crippen molar-refractivity contribution < 1.29 is 69.2 Å². The third kappa shape index (κ3) is 9.03. The summed E-state index contributed by atoms with van der Waals surface area (Å²) in [5.74, 6) is 0. The van der Waals surface area contributed by atoms with Gasteiger partial charge in [0.15, 0.2) is 0 Å². The van der Waals surface area contributed by atoms with E-state index in [1.165, 1.54) is 0 Å². The van der Waals surface area contributed by atoms with Crippen molar-refractivity contribution in [3.8, 4) is 0 Å². The van der Waals surface area contributed by atoms with Gasteiger partial charge in [0.05, 0.1) is 0 Å². The van der Waals surface area contributed by atoms with Crippen LogP contribution in [-0.2, 0) is 27.2 Å². The van der Waals surface area contributed by atoms with Crippen LogP contribution in [0, 0.1) is 0 Å². The molecule has 0 fully saturated rings. The van der Waals surface area contributed by atoms with Gasteiger partial charge < -0.3 is 17.9 Å². The van der Waals surface area contributed by atoms with Crippen LogP contribution in [0.25, 0.3) is 0 Å². The second kappa shape index (κ2) is 20.2. The van der Waals surface area contributed by atoms with Crippen LogP contribution < -0.4 is 42.0 Å². The molecule has 0 aromatic rings. The Kier molecular flexibility index (Phi) is 193. The molecule has 0 amide bonds. The fourth-order valence-corrected chi connectivity index (χ4v) is 0. The Morgan fingerprint density at radius 3 is 1.00 bits per heavy atom. The molecule has 16 valence electrons. The predicted molar refractivity (Wildman–Crippen MR) is 0.686 cm³/mol. The van der Waals surface area contributed by atoms with E-state index in [1.54, 1.807) is 0 Å². The van der Waals surface area contributed by atoms with E-state index in [2.05, 4.69) is 0 Å². The Morgan fingerprint density at radius 2 is 1.00 bits per heavy atom. The average molecular weight is 122 g/mol. The largest absolute Gasteiger partial charge is 4.00 e. The van der Waals surface area contributed by atoms with E-state index >= 15 is 0 Å². The molecule has 0 atom stereocenters. The summed E-state index contributed by atoms with van der Waals surface area (Å²) >= 11 is 0. The van der Waals surface area contributed by atoms with Gasteiger partial charge in [-0.1, -0.05) is 0 Å². The maximum Gasteiger partial charge on any atom is 4.00 e. The minimum Gasteiger partial charge on any atom is -2.00 e. The average Bonchev–Trinajstić information content (AvgIpc) is 0. The molecular weight excluding hydrogens is 122 g/mol. The predicted octanol–water partition coefficient (Wildman–Crippen LogP) is -6.11. The summed E-state index contributed by atoms with van der Waals surface area (Å²) in [6, 6.07) is 0. The number of rotatable bonds is 0. The van der Waals surface area contributed by atoms with Crippen molar-refractivity contribution >= 4 is 0 Å². The molecule has 1 nitrogen and oxygen atoms in total. The van der Waals surface area contributed by atoms with E-state index in [0.717, 1.165) is 0 Å². The van der Waals surface area contributed by atoms with Crippen molar-refractivity contribution in [3.63, 3.8) is 0 Å². The van der Waals surface area contributed by atoms with Crippen LogP contribution in [0.3, 0.4) is 0 Å². The monoisotopic (exact) mass is 122 g/mol. The van der Waals surface area contributed by atoms with E-state index in [1.807, 2.05) is 0 Å². The summed E-state index contributed by atoms with van der Waals surface area (Å²) < 4.78 is 0. The Morgan fingerprint density at radius 1 is 1.00 bits per heavy atom. The van der Waals surface area contributed by atoms with Crippen LogP contribution in [0.1, 0.15) is 0 Å². The third-order valence-electron chi connectivity index (χ3n) is 0. The summed E-state index contributed by atoms with van der Waals surface area (Å²) in [5, 5.41) is 0. The minimum absolute atomic E-state index is 0. The molecule has 0 spiro atoms. The molecule has 0 aromatic carbocycles. The van der Waals surface area contributed by atoms with Gasteiger partial charge in [-0.3, -0.25) is 0 Å². The van der Waals surface area contributed by atoms with Crippen molar-refractivity contribution in [2.75, 3.05) is 0 Å². The van der Waals surface area contributed by atoms with Gasteiger partial charge in [-0.2, -0.15) is 0 Å². The summed E-state index contributed by atoms with van der Waals surface area (Å²) in [6.07, 6.45) is 0. The first-order valence-electron chi connectivity index (χ1n) is 0. The molecule has 0 bridgehead atoms. The van der Waals surface area contributed by atoms with Gasteiger partial charge in [0.2, 0.25) is 0 Å². The Labute approximate surface area is 68.4 Å². The quantitative estimate of drug-likeness (QED) is 0.286. The van der Waals surface area contributed by atoms with Gasteiger partial charge in [0, 0.05) is 0 Å². The number of hydrogen-bond donors (Lipinski definition) is 0. The van der Waals surface area contributed by atoms with E-state index in [4.69, 9.17) is 0 Å². The zero-order chi connectivity index (χ0) is 0. The molecule has 0 saturated carbocycles. The SMILES string of the molecule is [Cl-].[Na+].[O-2].[Ti+4]. The van der Waals surface area contributed by atoms with Crippen LogP contribution in [-0.4, -0.2) is 0 Å². The van der Waals surface area contributed by atoms with Crippen LogP contribution in [0.15, 0.2) is 0 Å². The molecule has 0 heterocycles. The second-order valence-corrected chi connectivity index (χ2v) is 0. The summed E-state index contributed by atoms with van der Waals surface area (Å²) in [4.78, 5) is 0. The molecule has 0 aliphatic rings. The summed E-state index contributed by atoms with van der Waals surface area (Å²) in [6.45, 7) is 0. The molecule has 0 saturated heterocycles. The molecule has 4 heteroatoms. The third-order valence-corrected chi connectivity index (χ3v) is 0. The standard InChI is InChI=1S/ClH.Na.O.Ti/h1H;;;/q;+1;-2;+4/p-1. The van der Waals surface area contributed by atoms with Gasteiger partial charge >= 0.3 is 51.3 Å². The molecular formula is ClNaOTi+2. The normalized spacial score (nSPS) is 0. The molecule has 0 aliphatic carbocycles. The molecule has 0 unspecified atom stereocenters. The van der Waals surface area contributed by atoms with E-state index in [9.17, 15) is 0 Å². The van der Waals surface area contributed by atoms with Gasteiger partial charge in [-0.05, 0) is 0 Å². The number of halogens is 1. The zero-order valence-corrected chi connectivity index (χ0v) is 6.60. The van der Waals surface area contributed by atoms with Crippen molar-refractivity contribution in [2.45, 2.75) is 0 Å². The Hall–Kier alpha value is 1.96. The van der Waals surface area contributed by atoms with Crippen molar-refractivity contribution in [2.24, 2.45) is 0 Å². The molecule has 4 heavy (non-hydrogen) atoms. The molecule has 0 aliphatic heterocycles. The van der Waals surface area contributed by atoms with E-state index in [0.29, 0.717) is 0 Å². The van der Waals surface area contributed by atoms with Crippen LogP contribution in [0.5, 0.6) is 0 Å². The topological polar surface area (TPSA) is 28.5 Å². The zero-order valence-electron chi connectivity index (χ0n) is 2.29. The van der Waals surface area contributed by atoms with E-state index in [-0.39, 0.29) is 69.2 Å². The Balaban J connectivity index is 0. The van der Waals surface area contributed by atoms with Crippen molar-refractivity contribution in [3.05, 3.63) is 0 Å². The van der Waals surface area contributed by atoms with Crippen molar-refractivity contribution in [1.29, 1.82) is 0 Å². The minimum atomic E-state index is 0. The van der Waals surface area contributed by atoms with Gasteiger partial charge in [-0.25, -0.2) is 0 Å². The molecule has 0 rings (SSSR count). The van der Waals surface area contributed by atoms with Crippen LogP contribution >= 0.6 is 0 Å². The molecule has 0 radical (unpaired) electrons. The smallest absolute Gasteiger partial charge is 2.00 e. The summed E-state index contributed by atoms with van der Waals surface area (Å²) in [5.41, 5.74) is 0. The summed E-state index contributed by atoms with van der Waals surface area (Å²) in [7, 11) is 0. The first kappa shape index (κ1) is 38.1. The van der Waals surface area contributed by atoms with E-state index < -0.39 is 0 Å². The fraction of sp³-hybridized carbons (Fsp3) is 0. The number of hydrogen-bond acceptors (Lipinski definition) is 0. The molecule has 0 aromatic heterocycles. The molecule has 0 N–H and O–H groups in total. The fourth-order valence-electron chi connectivity index (χ4n) is 0. The first-order chi connectivity index (χ1) is 0. The van der Waals surface area contributed by atoms with Gasteiger partial charge in [0.1, 0.15) is 0 Å². The second-order valence-electron chi connectivity index (χ2n) is 0. The van der Waals surface area contributed by atoms with Crippen LogP contribution in [0.4, 0.5) is 0 Å². The maximum atomic E-state index is 0. The first-order valence-corrected chi connectivity index (χ1v) is 0. The van der Waals surface area contributed by atoms with Gasteiger partial charge in [0.25, 0.3) is 0 Å².